The maximum Gasteiger partial charge on any atom is 0.250 e. The molecular formula is C22H27N5O2S. The summed E-state index contributed by atoms with van der Waals surface area (Å²) in [6.45, 7) is 3.86. The fourth-order valence-corrected chi connectivity index (χ4v) is 5.78. The van der Waals surface area contributed by atoms with Crippen LogP contribution in [0, 0.1) is 0 Å². The number of hydrogen-bond donors (Lipinski definition) is 1. The van der Waals surface area contributed by atoms with Crippen LogP contribution in [0.3, 0.4) is 0 Å². The van der Waals surface area contributed by atoms with Gasteiger partial charge in [-0.05, 0) is 31.4 Å². The molecule has 2 fully saturated rings. The number of nitrogens with zero attached hydrogens (tertiary/aromatic N) is 4. The largest absolute Gasteiger partial charge is 0.347 e. The van der Waals surface area contributed by atoms with Crippen molar-refractivity contribution >= 4 is 39.7 Å². The molecule has 1 saturated carbocycles. The number of benzene rings is 1. The Kier molecular flexibility index (Phi) is 5.20. The minimum absolute atomic E-state index is 0.0295. The van der Waals surface area contributed by atoms with Gasteiger partial charge in [0, 0.05) is 37.8 Å². The highest BCUT2D eigenvalue weighted by Crippen LogP contribution is 2.45. The first-order valence-electron chi connectivity index (χ1n) is 10.8. The molecule has 3 heterocycles. The molecule has 1 aromatic heterocycles. The lowest BCUT2D eigenvalue weighted by molar-refractivity contribution is -0.128. The number of nitrogens with one attached hydrogen (secondary N) is 1. The van der Waals surface area contributed by atoms with E-state index in [0.717, 1.165) is 74.8 Å². The number of carbonyl (C=O) groups excluding carboxylic acids is 2. The number of hydrogen-bond acceptors (Lipinski definition) is 6. The highest BCUT2D eigenvalue weighted by atomic mass is 32.1. The normalized spacial score (nSPS) is 21.4. The molecule has 2 aliphatic heterocycles. The number of aromatic nitrogens is 1. The van der Waals surface area contributed by atoms with E-state index in [0.29, 0.717) is 6.54 Å². The first-order valence-corrected chi connectivity index (χ1v) is 11.7. The number of anilines is 3. The van der Waals surface area contributed by atoms with Crippen molar-refractivity contribution in [1.29, 1.82) is 0 Å². The van der Waals surface area contributed by atoms with Crippen LogP contribution in [-0.4, -0.2) is 60.0 Å². The van der Waals surface area contributed by atoms with E-state index >= 15 is 0 Å². The SMILES string of the molecule is O=C(CN1CCCN(c2nccs2)CC1)N1c2ccccc2NC(=O)C12CCCC2. The highest BCUT2D eigenvalue weighted by molar-refractivity contribution is 7.13. The fraction of sp³-hybridized carbons (Fsp3) is 0.500. The van der Waals surface area contributed by atoms with Crippen LogP contribution in [0.2, 0.25) is 0 Å². The summed E-state index contributed by atoms with van der Waals surface area (Å²) >= 11 is 1.66. The predicted octanol–water partition coefficient (Wildman–Crippen LogP) is 2.95. The molecule has 1 N–H and O–H groups in total. The second-order valence-corrected chi connectivity index (χ2v) is 9.24. The van der Waals surface area contributed by atoms with E-state index in [1.807, 2.05) is 40.7 Å². The lowest BCUT2D eigenvalue weighted by atomic mass is 9.89. The molecule has 0 bridgehead atoms. The second kappa shape index (κ2) is 8.00. The molecule has 30 heavy (non-hydrogen) atoms. The van der Waals surface area contributed by atoms with Gasteiger partial charge in [-0.15, -0.1) is 11.3 Å². The van der Waals surface area contributed by atoms with Crippen LogP contribution >= 0.6 is 11.3 Å². The zero-order valence-electron chi connectivity index (χ0n) is 17.0. The van der Waals surface area contributed by atoms with Gasteiger partial charge in [-0.3, -0.25) is 19.4 Å². The lowest BCUT2D eigenvalue weighted by Gasteiger charge is -2.45. The van der Waals surface area contributed by atoms with Gasteiger partial charge in [-0.2, -0.15) is 0 Å². The van der Waals surface area contributed by atoms with Gasteiger partial charge in [0.05, 0.1) is 17.9 Å². The van der Waals surface area contributed by atoms with Crippen molar-refractivity contribution in [2.75, 3.05) is 47.8 Å². The number of thiazole rings is 1. The van der Waals surface area contributed by atoms with Crippen molar-refractivity contribution in [2.24, 2.45) is 0 Å². The number of amides is 2. The summed E-state index contributed by atoms with van der Waals surface area (Å²) in [5, 5.41) is 6.11. The Labute approximate surface area is 180 Å². The van der Waals surface area contributed by atoms with Gasteiger partial charge in [0.1, 0.15) is 5.54 Å². The van der Waals surface area contributed by atoms with Crippen LogP contribution in [0.4, 0.5) is 16.5 Å². The van der Waals surface area contributed by atoms with Crippen LogP contribution in [-0.2, 0) is 9.59 Å². The van der Waals surface area contributed by atoms with Gasteiger partial charge in [0.15, 0.2) is 5.13 Å². The van der Waals surface area contributed by atoms with E-state index in [1.165, 1.54) is 0 Å². The molecule has 1 saturated heterocycles. The van der Waals surface area contributed by atoms with E-state index in [9.17, 15) is 9.59 Å². The average Bonchev–Trinajstić information content (AvgIpc) is 3.40. The van der Waals surface area contributed by atoms with Gasteiger partial charge in [-0.1, -0.05) is 25.0 Å². The van der Waals surface area contributed by atoms with Crippen molar-refractivity contribution in [3.8, 4) is 0 Å². The van der Waals surface area contributed by atoms with E-state index in [2.05, 4.69) is 20.1 Å². The minimum Gasteiger partial charge on any atom is -0.347 e. The average molecular weight is 426 g/mol. The van der Waals surface area contributed by atoms with Gasteiger partial charge in [0.2, 0.25) is 5.91 Å². The van der Waals surface area contributed by atoms with Crippen molar-refractivity contribution in [3.05, 3.63) is 35.8 Å². The molecular weight excluding hydrogens is 398 g/mol. The van der Waals surface area contributed by atoms with Crippen LogP contribution in [0.5, 0.6) is 0 Å². The Morgan fingerprint density at radius 1 is 1.10 bits per heavy atom. The minimum atomic E-state index is -0.732. The molecule has 0 atom stereocenters. The summed E-state index contributed by atoms with van der Waals surface area (Å²) in [5.74, 6) is -0.000222. The molecule has 1 aromatic carbocycles. The molecule has 1 aliphatic carbocycles. The lowest BCUT2D eigenvalue weighted by Crippen LogP contribution is -2.62. The van der Waals surface area contributed by atoms with Crippen molar-refractivity contribution in [2.45, 2.75) is 37.6 Å². The number of fused-ring (bicyclic) bond motifs is 1. The first-order chi connectivity index (χ1) is 14.7. The van der Waals surface area contributed by atoms with Crippen LogP contribution in [0.25, 0.3) is 0 Å². The summed E-state index contributed by atoms with van der Waals surface area (Å²) in [5.41, 5.74) is 0.840. The first kappa shape index (κ1) is 19.5. The summed E-state index contributed by atoms with van der Waals surface area (Å²) in [4.78, 5) is 37.5. The van der Waals surface area contributed by atoms with Crippen molar-refractivity contribution < 1.29 is 9.59 Å². The second-order valence-electron chi connectivity index (χ2n) is 8.37. The zero-order valence-corrected chi connectivity index (χ0v) is 17.9. The Morgan fingerprint density at radius 3 is 2.73 bits per heavy atom. The van der Waals surface area contributed by atoms with E-state index in [4.69, 9.17) is 0 Å². The fourth-order valence-electron chi connectivity index (χ4n) is 5.08. The van der Waals surface area contributed by atoms with E-state index < -0.39 is 5.54 Å². The van der Waals surface area contributed by atoms with E-state index in [-0.39, 0.29) is 11.8 Å². The molecule has 1 spiro atoms. The van der Waals surface area contributed by atoms with Gasteiger partial charge >= 0.3 is 0 Å². The smallest absolute Gasteiger partial charge is 0.250 e. The molecule has 0 unspecified atom stereocenters. The maximum absolute atomic E-state index is 13.6. The summed E-state index contributed by atoms with van der Waals surface area (Å²) in [7, 11) is 0. The Bertz CT molecular complexity index is 925. The van der Waals surface area contributed by atoms with Crippen LogP contribution in [0.1, 0.15) is 32.1 Å². The van der Waals surface area contributed by atoms with Crippen molar-refractivity contribution in [3.63, 3.8) is 0 Å². The monoisotopic (exact) mass is 425 g/mol. The number of carbonyl (C=O) groups is 2. The standard InChI is InChI=1S/C22H27N5O2S/c28-19(16-25-11-5-12-26(14-13-25)21-23-10-15-30-21)27-18-7-2-1-6-17(18)24-20(29)22(27)8-3-4-9-22/h1-2,6-7,10,15H,3-5,8-9,11-14,16H2,(H,24,29). The third-order valence-electron chi connectivity index (χ3n) is 6.56. The molecule has 158 valence electrons. The predicted molar refractivity (Wildman–Crippen MR) is 119 cm³/mol. The van der Waals surface area contributed by atoms with Crippen LogP contribution < -0.4 is 15.1 Å². The van der Waals surface area contributed by atoms with Gasteiger partial charge in [0.25, 0.3) is 5.91 Å². The van der Waals surface area contributed by atoms with E-state index in [1.54, 1.807) is 11.3 Å². The molecule has 3 aliphatic rings. The Morgan fingerprint density at radius 2 is 1.93 bits per heavy atom. The molecule has 0 radical (unpaired) electrons. The Hall–Kier alpha value is -2.45. The van der Waals surface area contributed by atoms with Crippen LogP contribution in [0.15, 0.2) is 35.8 Å². The Balaban J connectivity index is 1.36. The maximum atomic E-state index is 13.6. The highest BCUT2D eigenvalue weighted by Gasteiger charge is 2.52. The number of para-hydroxylation sites is 2. The van der Waals surface area contributed by atoms with Crippen molar-refractivity contribution in [1.82, 2.24) is 9.88 Å². The zero-order chi connectivity index (χ0) is 20.6. The summed E-state index contributed by atoms with van der Waals surface area (Å²) in [6, 6.07) is 7.68. The third kappa shape index (κ3) is 3.37. The van der Waals surface area contributed by atoms with Gasteiger partial charge in [-0.25, -0.2) is 4.98 Å². The molecule has 7 nitrogen and oxygen atoms in total. The number of rotatable bonds is 3. The summed E-state index contributed by atoms with van der Waals surface area (Å²) < 4.78 is 0. The topological polar surface area (TPSA) is 68.8 Å². The third-order valence-corrected chi connectivity index (χ3v) is 7.39. The van der Waals surface area contributed by atoms with Gasteiger partial charge < -0.3 is 10.2 Å². The molecule has 2 aromatic rings. The molecule has 8 heteroatoms. The quantitative estimate of drug-likeness (QED) is 0.819. The molecule has 2 amide bonds. The molecule has 5 rings (SSSR count). The summed E-state index contributed by atoms with van der Waals surface area (Å²) in [6.07, 6.45) is 6.26.